The molecular weight excluding hydrogens is 380 g/mol. The fraction of sp³-hybridized carbons (Fsp3) is 0.316. The van der Waals surface area contributed by atoms with Gasteiger partial charge in [-0.1, -0.05) is 0 Å². The smallest absolute Gasteiger partial charge is 0.243 e. The minimum atomic E-state index is 0.0657. The van der Waals surface area contributed by atoms with Gasteiger partial charge in [-0.25, -0.2) is 0 Å². The van der Waals surface area contributed by atoms with Crippen LogP contribution in [0.15, 0.2) is 41.1 Å². The van der Waals surface area contributed by atoms with Gasteiger partial charge < -0.3 is 9.64 Å². The molecule has 0 saturated heterocycles. The molecule has 4 rings (SSSR count). The molecule has 0 atom stereocenters. The topological polar surface area (TPSA) is 63.1 Å². The summed E-state index contributed by atoms with van der Waals surface area (Å²) in [5, 5.41) is 11.3. The number of methoxy groups -OCH3 is 1. The highest BCUT2D eigenvalue weighted by Crippen LogP contribution is 2.29. The third-order valence-electron chi connectivity index (χ3n) is 4.64. The number of H-pyrrole nitrogens is 1. The van der Waals surface area contributed by atoms with Crippen molar-refractivity contribution in [2.24, 2.45) is 0 Å². The van der Waals surface area contributed by atoms with Gasteiger partial charge in [0.25, 0.3) is 0 Å². The minimum absolute atomic E-state index is 0.0657. The Morgan fingerprint density at radius 3 is 2.78 bits per heavy atom. The average Bonchev–Trinajstić information content (AvgIpc) is 3.28. The summed E-state index contributed by atoms with van der Waals surface area (Å²) in [4.78, 5) is 15.0. The zero-order valence-corrected chi connectivity index (χ0v) is 16.6. The SMILES string of the molecule is COc1ccc(-c2n[nH]c(=S)n2CC(=O)N(Cc2ccsc2)C2CC2)cc1. The number of aromatic amines is 1. The lowest BCUT2D eigenvalue weighted by Gasteiger charge is -2.22. The first-order valence-corrected chi connectivity index (χ1v) is 10.1. The van der Waals surface area contributed by atoms with Crippen molar-refractivity contribution in [2.75, 3.05) is 7.11 Å². The average molecular weight is 401 g/mol. The van der Waals surface area contributed by atoms with E-state index in [-0.39, 0.29) is 12.5 Å². The molecule has 0 spiro atoms. The number of hydrogen-bond acceptors (Lipinski definition) is 5. The standard InChI is InChI=1S/C19H20N4O2S2/c1-25-16-6-2-14(3-7-16)18-20-21-19(26)23(18)11-17(24)22(15-4-5-15)10-13-8-9-27-12-13/h2-3,6-9,12,15H,4-5,10-11H2,1H3,(H,21,26). The maximum atomic E-state index is 13.1. The van der Waals surface area contributed by atoms with E-state index >= 15 is 0 Å². The first-order chi connectivity index (χ1) is 13.2. The molecule has 140 valence electrons. The van der Waals surface area contributed by atoms with Crippen LogP contribution in [-0.2, 0) is 17.9 Å². The van der Waals surface area contributed by atoms with Crippen molar-refractivity contribution in [1.29, 1.82) is 0 Å². The van der Waals surface area contributed by atoms with Crippen molar-refractivity contribution < 1.29 is 9.53 Å². The van der Waals surface area contributed by atoms with Crippen molar-refractivity contribution in [1.82, 2.24) is 19.7 Å². The van der Waals surface area contributed by atoms with Gasteiger partial charge in [0, 0.05) is 18.2 Å². The zero-order valence-electron chi connectivity index (χ0n) is 14.9. The van der Waals surface area contributed by atoms with E-state index in [4.69, 9.17) is 17.0 Å². The van der Waals surface area contributed by atoms with Crippen LogP contribution in [-0.4, -0.2) is 38.7 Å². The van der Waals surface area contributed by atoms with E-state index in [2.05, 4.69) is 21.6 Å². The summed E-state index contributed by atoms with van der Waals surface area (Å²) in [7, 11) is 1.63. The van der Waals surface area contributed by atoms with Gasteiger partial charge in [-0.3, -0.25) is 14.5 Å². The number of aromatic nitrogens is 3. The molecule has 1 aliphatic carbocycles. The van der Waals surface area contributed by atoms with Gasteiger partial charge in [0.05, 0.1) is 7.11 Å². The first kappa shape index (κ1) is 17.9. The zero-order chi connectivity index (χ0) is 18.8. The van der Waals surface area contributed by atoms with Crippen LogP contribution < -0.4 is 4.74 Å². The number of benzene rings is 1. The summed E-state index contributed by atoms with van der Waals surface area (Å²) in [5.41, 5.74) is 2.05. The van der Waals surface area contributed by atoms with E-state index in [1.165, 1.54) is 5.56 Å². The molecule has 0 unspecified atom stereocenters. The highest BCUT2D eigenvalue weighted by molar-refractivity contribution is 7.71. The van der Waals surface area contributed by atoms with Crippen molar-refractivity contribution in [3.05, 3.63) is 51.4 Å². The van der Waals surface area contributed by atoms with E-state index in [9.17, 15) is 4.79 Å². The number of ether oxygens (including phenoxy) is 1. The number of carbonyl (C=O) groups excluding carboxylic acids is 1. The lowest BCUT2D eigenvalue weighted by Crippen LogP contribution is -2.35. The van der Waals surface area contributed by atoms with E-state index in [0.717, 1.165) is 24.2 Å². The number of carbonyl (C=O) groups is 1. The van der Waals surface area contributed by atoms with Crippen LogP contribution >= 0.6 is 23.6 Å². The van der Waals surface area contributed by atoms with Crippen LogP contribution in [0, 0.1) is 4.77 Å². The number of hydrogen-bond donors (Lipinski definition) is 1. The summed E-state index contributed by atoms with van der Waals surface area (Å²) in [6, 6.07) is 9.96. The molecule has 8 heteroatoms. The number of thiophene rings is 1. The van der Waals surface area contributed by atoms with E-state index in [0.29, 0.717) is 23.2 Å². The molecule has 0 bridgehead atoms. The molecule has 1 aliphatic rings. The second-order valence-corrected chi connectivity index (χ2v) is 7.72. The van der Waals surface area contributed by atoms with Crippen molar-refractivity contribution >= 4 is 29.5 Å². The Morgan fingerprint density at radius 2 is 2.15 bits per heavy atom. The molecule has 0 aliphatic heterocycles. The van der Waals surface area contributed by atoms with Crippen LogP contribution in [0.25, 0.3) is 11.4 Å². The van der Waals surface area contributed by atoms with E-state index < -0.39 is 0 Å². The number of rotatable bonds is 7. The van der Waals surface area contributed by atoms with Gasteiger partial charge in [-0.05, 0) is 71.7 Å². The number of amides is 1. The second-order valence-electron chi connectivity index (χ2n) is 6.55. The molecule has 2 aromatic heterocycles. The monoisotopic (exact) mass is 400 g/mol. The third kappa shape index (κ3) is 3.96. The van der Waals surface area contributed by atoms with Crippen molar-refractivity contribution in [3.63, 3.8) is 0 Å². The Labute approximate surface area is 166 Å². The van der Waals surface area contributed by atoms with Crippen LogP contribution in [0.2, 0.25) is 0 Å². The highest BCUT2D eigenvalue weighted by atomic mass is 32.1. The molecule has 3 aromatic rings. The van der Waals surface area contributed by atoms with Gasteiger partial charge >= 0.3 is 0 Å². The highest BCUT2D eigenvalue weighted by Gasteiger charge is 2.33. The van der Waals surface area contributed by atoms with E-state index in [1.807, 2.05) is 34.5 Å². The summed E-state index contributed by atoms with van der Waals surface area (Å²) < 4.78 is 7.42. The van der Waals surface area contributed by atoms with Crippen LogP contribution in [0.5, 0.6) is 5.75 Å². The third-order valence-corrected chi connectivity index (χ3v) is 5.68. The fourth-order valence-corrected chi connectivity index (χ4v) is 3.89. The summed E-state index contributed by atoms with van der Waals surface area (Å²) in [6.45, 7) is 0.827. The lowest BCUT2D eigenvalue weighted by molar-refractivity contribution is -0.133. The van der Waals surface area contributed by atoms with Gasteiger partial charge in [0.2, 0.25) is 5.91 Å². The molecule has 1 saturated carbocycles. The lowest BCUT2D eigenvalue weighted by atomic mass is 10.2. The quantitative estimate of drug-likeness (QED) is 0.612. The molecule has 1 aromatic carbocycles. The van der Waals surface area contributed by atoms with Gasteiger partial charge in [-0.2, -0.15) is 16.4 Å². The molecule has 1 fully saturated rings. The second kappa shape index (κ2) is 7.66. The van der Waals surface area contributed by atoms with Crippen LogP contribution in [0.4, 0.5) is 0 Å². The Balaban J connectivity index is 1.57. The summed E-state index contributed by atoms with van der Waals surface area (Å²) in [6.07, 6.45) is 2.13. The van der Waals surface area contributed by atoms with Gasteiger partial charge in [0.15, 0.2) is 10.6 Å². The summed E-state index contributed by atoms with van der Waals surface area (Å²) >= 11 is 7.03. The van der Waals surface area contributed by atoms with Crippen molar-refractivity contribution in [2.45, 2.75) is 32.0 Å². The predicted octanol–water partition coefficient (Wildman–Crippen LogP) is 3.87. The molecule has 2 heterocycles. The van der Waals surface area contributed by atoms with Crippen LogP contribution in [0.3, 0.4) is 0 Å². The molecular formula is C19H20N4O2S2. The first-order valence-electron chi connectivity index (χ1n) is 8.76. The Bertz CT molecular complexity index is 972. The maximum absolute atomic E-state index is 13.1. The maximum Gasteiger partial charge on any atom is 0.243 e. The molecule has 0 radical (unpaired) electrons. The summed E-state index contributed by atoms with van der Waals surface area (Å²) in [5.74, 6) is 1.49. The normalized spacial score (nSPS) is 13.5. The largest absolute Gasteiger partial charge is 0.497 e. The Kier molecular flexibility index (Phi) is 5.09. The van der Waals surface area contributed by atoms with Crippen LogP contribution in [0.1, 0.15) is 18.4 Å². The Hall–Kier alpha value is -2.45. The van der Waals surface area contributed by atoms with Gasteiger partial charge in [-0.15, -0.1) is 0 Å². The fourth-order valence-electron chi connectivity index (χ4n) is 3.04. The molecule has 6 nitrogen and oxygen atoms in total. The van der Waals surface area contributed by atoms with Crippen molar-refractivity contribution in [3.8, 4) is 17.1 Å². The predicted molar refractivity (Wildman–Crippen MR) is 107 cm³/mol. The number of nitrogens with one attached hydrogen (secondary N) is 1. The van der Waals surface area contributed by atoms with Gasteiger partial charge in [0.1, 0.15) is 12.3 Å². The number of nitrogens with zero attached hydrogens (tertiary/aromatic N) is 3. The molecule has 1 amide bonds. The molecule has 1 N–H and O–H groups in total. The minimum Gasteiger partial charge on any atom is -0.497 e. The molecule has 27 heavy (non-hydrogen) atoms. The Morgan fingerprint density at radius 1 is 1.37 bits per heavy atom. The van der Waals surface area contributed by atoms with E-state index in [1.54, 1.807) is 23.0 Å².